The highest BCUT2D eigenvalue weighted by Gasteiger charge is 2.27. The van der Waals surface area contributed by atoms with E-state index in [1.165, 1.54) is 6.20 Å². The molecule has 0 saturated carbocycles. The van der Waals surface area contributed by atoms with Crippen LogP contribution in [0.15, 0.2) is 6.20 Å². The molecule has 9 heteroatoms. The lowest BCUT2D eigenvalue weighted by Gasteiger charge is -2.35. The molecule has 23 heavy (non-hydrogen) atoms. The van der Waals surface area contributed by atoms with E-state index in [2.05, 4.69) is 4.98 Å². The van der Waals surface area contributed by atoms with Gasteiger partial charge in [0.05, 0.1) is 27.3 Å². The maximum Gasteiger partial charge on any atom is 0.359 e. The molecule has 2 heterocycles. The van der Waals surface area contributed by atoms with Gasteiger partial charge in [0.25, 0.3) is 5.91 Å². The van der Waals surface area contributed by atoms with Gasteiger partial charge in [-0.15, -0.1) is 0 Å². The first kappa shape index (κ1) is 18.3. The van der Waals surface area contributed by atoms with Crippen LogP contribution in [0, 0.1) is 0 Å². The van der Waals surface area contributed by atoms with E-state index in [9.17, 15) is 9.59 Å². The number of morpholine rings is 1. The van der Waals surface area contributed by atoms with Crippen molar-refractivity contribution in [2.75, 3.05) is 19.7 Å². The second kappa shape index (κ2) is 7.66. The molecular formula is C14H15Cl3N2O4. The van der Waals surface area contributed by atoms with Crippen molar-refractivity contribution in [3.63, 3.8) is 0 Å². The van der Waals surface area contributed by atoms with E-state index >= 15 is 0 Å². The highest BCUT2D eigenvalue weighted by molar-refractivity contribution is 6.48. The van der Waals surface area contributed by atoms with Crippen LogP contribution in [0.4, 0.5) is 0 Å². The number of hydrogen-bond acceptors (Lipinski definition) is 5. The lowest BCUT2D eigenvalue weighted by atomic mass is 10.2. The van der Waals surface area contributed by atoms with Crippen LogP contribution in [0.3, 0.4) is 0 Å². The van der Waals surface area contributed by atoms with Gasteiger partial charge in [-0.25, -0.2) is 9.78 Å². The van der Waals surface area contributed by atoms with Crippen molar-refractivity contribution < 1.29 is 19.1 Å². The Labute approximate surface area is 148 Å². The Bertz CT molecular complexity index is 616. The van der Waals surface area contributed by atoms with Crippen LogP contribution in [0.25, 0.3) is 0 Å². The fourth-order valence-corrected chi connectivity index (χ4v) is 2.81. The Hall–Kier alpha value is -1.08. The molecule has 1 aromatic heterocycles. The van der Waals surface area contributed by atoms with Crippen LogP contribution in [0.2, 0.25) is 15.1 Å². The minimum atomic E-state index is -0.837. The van der Waals surface area contributed by atoms with Crippen molar-refractivity contribution in [3.8, 4) is 0 Å². The fraction of sp³-hybridized carbons (Fsp3) is 0.500. The molecule has 0 spiro atoms. The third-order valence-corrected chi connectivity index (χ3v) is 4.45. The third-order valence-electron chi connectivity index (χ3n) is 3.21. The van der Waals surface area contributed by atoms with Gasteiger partial charge in [-0.1, -0.05) is 34.8 Å². The summed E-state index contributed by atoms with van der Waals surface area (Å²) in [7, 11) is 0. The maximum atomic E-state index is 12.1. The zero-order valence-corrected chi connectivity index (χ0v) is 14.8. The number of rotatable bonds is 3. The molecule has 0 aromatic carbocycles. The minimum Gasteiger partial charge on any atom is -0.451 e. The van der Waals surface area contributed by atoms with Crippen LogP contribution in [-0.4, -0.2) is 53.7 Å². The van der Waals surface area contributed by atoms with E-state index in [0.29, 0.717) is 13.1 Å². The van der Waals surface area contributed by atoms with Crippen molar-refractivity contribution in [1.82, 2.24) is 9.88 Å². The van der Waals surface area contributed by atoms with Gasteiger partial charge >= 0.3 is 5.97 Å². The topological polar surface area (TPSA) is 68.7 Å². The van der Waals surface area contributed by atoms with E-state index in [-0.39, 0.29) is 38.9 Å². The highest BCUT2D eigenvalue weighted by atomic mass is 35.5. The Morgan fingerprint density at radius 3 is 2.48 bits per heavy atom. The van der Waals surface area contributed by atoms with Crippen LogP contribution in [0.1, 0.15) is 24.3 Å². The number of ether oxygens (including phenoxy) is 2. The summed E-state index contributed by atoms with van der Waals surface area (Å²) in [5, 5.41) is 0.0308. The molecular weight excluding hydrogens is 367 g/mol. The first-order chi connectivity index (χ1) is 10.8. The summed E-state index contributed by atoms with van der Waals surface area (Å²) in [5.41, 5.74) is -0.183. The van der Waals surface area contributed by atoms with Crippen LogP contribution in [0.5, 0.6) is 0 Å². The molecule has 126 valence electrons. The summed E-state index contributed by atoms with van der Waals surface area (Å²) in [4.78, 5) is 29.5. The molecule has 0 N–H and O–H groups in total. The zero-order chi connectivity index (χ0) is 17.1. The fourth-order valence-electron chi connectivity index (χ4n) is 2.25. The average Bonchev–Trinajstić information content (AvgIpc) is 2.49. The van der Waals surface area contributed by atoms with E-state index in [0.717, 1.165) is 0 Å². The quantitative estimate of drug-likeness (QED) is 0.753. The van der Waals surface area contributed by atoms with Gasteiger partial charge in [0.1, 0.15) is 0 Å². The third kappa shape index (κ3) is 4.47. The van der Waals surface area contributed by atoms with Crippen molar-refractivity contribution in [3.05, 3.63) is 27.0 Å². The number of pyridine rings is 1. The zero-order valence-electron chi connectivity index (χ0n) is 12.5. The number of halogens is 3. The molecule has 2 rings (SSSR count). The number of esters is 1. The maximum absolute atomic E-state index is 12.1. The summed E-state index contributed by atoms with van der Waals surface area (Å²) in [5.74, 6) is -1.15. The largest absolute Gasteiger partial charge is 0.451 e. The van der Waals surface area contributed by atoms with Crippen LogP contribution < -0.4 is 0 Å². The number of nitrogens with zero attached hydrogens (tertiary/aromatic N) is 2. The van der Waals surface area contributed by atoms with Gasteiger partial charge < -0.3 is 14.4 Å². The van der Waals surface area contributed by atoms with E-state index in [4.69, 9.17) is 44.3 Å². The van der Waals surface area contributed by atoms with Crippen molar-refractivity contribution >= 4 is 46.7 Å². The van der Waals surface area contributed by atoms with Gasteiger partial charge in [-0.2, -0.15) is 0 Å². The van der Waals surface area contributed by atoms with E-state index in [1.807, 2.05) is 13.8 Å². The highest BCUT2D eigenvalue weighted by Crippen LogP contribution is 2.31. The van der Waals surface area contributed by atoms with Crippen molar-refractivity contribution in [1.29, 1.82) is 0 Å². The molecule has 1 amide bonds. The molecule has 1 saturated heterocycles. The molecule has 2 atom stereocenters. The Balaban J connectivity index is 1.96. The van der Waals surface area contributed by atoms with Crippen LogP contribution >= 0.6 is 34.8 Å². The summed E-state index contributed by atoms with van der Waals surface area (Å²) in [6, 6.07) is 0. The van der Waals surface area contributed by atoms with E-state index in [1.54, 1.807) is 4.90 Å². The molecule has 0 radical (unpaired) electrons. The van der Waals surface area contributed by atoms with Gasteiger partial charge in [0, 0.05) is 19.3 Å². The number of hydrogen-bond donors (Lipinski definition) is 0. The minimum absolute atomic E-state index is 0.0115. The predicted molar refractivity (Wildman–Crippen MR) is 86.1 cm³/mol. The first-order valence-electron chi connectivity index (χ1n) is 6.89. The van der Waals surface area contributed by atoms with Gasteiger partial charge in [-0.3, -0.25) is 4.79 Å². The summed E-state index contributed by atoms with van der Waals surface area (Å²) in [6.45, 7) is 4.25. The lowest BCUT2D eigenvalue weighted by molar-refractivity contribution is -0.146. The normalized spacial score (nSPS) is 21.2. The van der Waals surface area contributed by atoms with Crippen LogP contribution in [-0.2, 0) is 14.3 Å². The molecule has 1 aliphatic rings. The number of amides is 1. The van der Waals surface area contributed by atoms with Gasteiger partial charge in [0.15, 0.2) is 12.3 Å². The Morgan fingerprint density at radius 1 is 1.26 bits per heavy atom. The first-order valence-corrected chi connectivity index (χ1v) is 8.02. The van der Waals surface area contributed by atoms with Gasteiger partial charge in [-0.05, 0) is 13.8 Å². The second-order valence-corrected chi connectivity index (χ2v) is 6.38. The molecule has 1 aliphatic heterocycles. The molecule has 6 nitrogen and oxygen atoms in total. The Morgan fingerprint density at radius 2 is 1.87 bits per heavy atom. The predicted octanol–water partition coefficient (Wildman–Crippen LogP) is 2.83. The monoisotopic (exact) mass is 380 g/mol. The second-order valence-electron chi connectivity index (χ2n) is 5.21. The summed E-state index contributed by atoms with van der Waals surface area (Å²) < 4.78 is 10.5. The number of carbonyl (C=O) groups is 2. The molecule has 1 aromatic rings. The van der Waals surface area contributed by atoms with Crippen molar-refractivity contribution in [2.45, 2.75) is 26.1 Å². The molecule has 0 unspecified atom stereocenters. The number of aromatic nitrogens is 1. The molecule has 0 aliphatic carbocycles. The van der Waals surface area contributed by atoms with Crippen molar-refractivity contribution in [2.24, 2.45) is 0 Å². The smallest absolute Gasteiger partial charge is 0.359 e. The number of carbonyl (C=O) groups excluding carboxylic acids is 2. The Kier molecular flexibility index (Phi) is 6.08. The molecule has 1 fully saturated rings. The average molecular weight is 382 g/mol. The standard InChI is InChI=1S/C14H15Cl3N2O4/c1-7-4-19(5-8(2)23-7)10(20)6-22-14(21)13-12(17)11(16)9(15)3-18-13/h3,7-8H,4-6H2,1-2H3/t7-,8-/m1/s1. The summed E-state index contributed by atoms with van der Waals surface area (Å²) in [6.07, 6.45) is 1.06. The summed E-state index contributed by atoms with van der Waals surface area (Å²) >= 11 is 17.5. The molecule has 0 bridgehead atoms. The SMILES string of the molecule is C[C@@H]1CN(C(=O)COC(=O)c2ncc(Cl)c(Cl)c2Cl)C[C@@H](C)O1. The van der Waals surface area contributed by atoms with E-state index < -0.39 is 12.6 Å². The van der Waals surface area contributed by atoms with Gasteiger partial charge in [0.2, 0.25) is 0 Å². The lowest BCUT2D eigenvalue weighted by Crippen LogP contribution is -2.49.